The quantitative estimate of drug-likeness (QED) is 0.862. The van der Waals surface area contributed by atoms with Gasteiger partial charge in [0.05, 0.1) is 5.60 Å². The molecule has 2 saturated heterocycles. The molecule has 0 spiro atoms. The standard InChI is InChI=1S/C21H32ClN2O/c1-16(2)14-23-10-8-19(9-11-23)24-15-21(3,25)13-20(24)12-17-4-6-18(22)7-5-17/h4-7,19-20,25H,8-15H2,1-3H3/t20-,21?/m0/s1. The van der Waals surface area contributed by atoms with Gasteiger partial charge in [-0.1, -0.05) is 37.6 Å². The maximum atomic E-state index is 10.7. The summed E-state index contributed by atoms with van der Waals surface area (Å²) in [5.41, 5.74) is 0.743. The van der Waals surface area contributed by atoms with E-state index in [1.165, 1.54) is 37.4 Å². The zero-order valence-electron chi connectivity index (χ0n) is 15.8. The molecule has 2 aliphatic heterocycles. The van der Waals surface area contributed by atoms with Crippen molar-refractivity contribution < 1.29 is 5.11 Å². The summed E-state index contributed by atoms with van der Waals surface area (Å²) in [7, 11) is 0. The van der Waals surface area contributed by atoms with E-state index >= 15 is 0 Å². The second kappa shape index (κ2) is 7.96. The van der Waals surface area contributed by atoms with Crippen LogP contribution < -0.4 is 0 Å². The molecule has 2 fully saturated rings. The van der Waals surface area contributed by atoms with Crippen LogP contribution >= 0.6 is 11.6 Å². The SMILES string of the molecule is C[C](C)CN1CCC(N2CC(C)(O)C[C@@H]2Cc2ccc(Cl)cc2)CC1. The van der Waals surface area contributed by atoms with E-state index in [1.807, 2.05) is 19.1 Å². The summed E-state index contributed by atoms with van der Waals surface area (Å²) in [6, 6.07) is 9.20. The lowest BCUT2D eigenvalue weighted by atomic mass is 9.97. The van der Waals surface area contributed by atoms with Gasteiger partial charge in [0, 0.05) is 30.2 Å². The minimum Gasteiger partial charge on any atom is -0.389 e. The van der Waals surface area contributed by atoms with Crippen molar-refractivity contribution in [2.75, 3.05) is 26.2 Å². The molecule has 3 rings (SSSR count). The number of hydrogen-bond donors (Lipinski definition) is 1. The van der Waals surface area contributed by atoms with Crippen molar-refractivity contribution in [3.8, 4) is 0 Å². The highest BCUT2D eigenvalue weighted by atomic mass is 35.5. The zero-order chi connectivity index (χ0) is 18.0. The van der Waals surface area contributed by atoms with Crippen molar-refractivity contribution in [3.63, 3.8) is 0 Å². The van der Waals surface area contributed by atoms with Gasteiger partial charge in [0.2, 0.25) is 0 Å². The number of nitrogens with zero attached hydrogens (tertiary/aromatic N) is 2. The van der Waals surface area contributed by atoms with Crippen molar-refractivity contribution in [1.82, 2.24) is 9.80 Å². The van der Waals surface area contributed by atoms with Crippen LogP contribution in [0.15, 0.2) is 24.3 Å². The molecule has 1 N–H and O–H groups in total. The van der Waals surface area contributed by atoms with Crippen LogP contribution in [0, 0.1) is 5.92 Å². The Balaban J connectivity index is 1.63. The van der Waals surface area contributed by atoms with Gasteiger partial charge in [0.1, 0.15) is 0 Å². The third-order valence-corrected chi connectivity index (χ3v) is 5.87. The van der Waals surface area contributed by atoms with Crippen molar-refractivity contribution in [2.45, 2.75) is 64.1 Å². The smallest absolute Gasteiger partial charge is 0.0761 e. The first-order valence-corrected chi connectivity index (χ1v) is 9.94. The van der Waals surface area contributed by atoms with Crippen LogP contribution in [0.1, 0.15) is 45.6 Å². The maximum Gasteiger partial charge on any atom is 0.0761 e. The number of aliphatic hydroxyl groups is 1. The number of likely N-dealkylation sites (tertiary alicyclic amines) is 2. The average Bonchev–Trinajstić information content (AvgIpc) is 2.84. The Labute approximate surface area is 158 Å². The molecule has 0 saturated carbocycles. The molecule has 2 atom stereocenters. The lowest BCUT2D eigenvalue weighted by molar-refractivity contribution is 0.0502. The molecule has 1 aromatic rings. The highest BCUT2D eigenvalue weighted by Gasteiger charge is 2.42. The summed E-state index contributed by atoms with van der Waals surface area (Å²) < 4.78 is 0. The number of piperidine rings is 1. The van der Waals surface area contributed by atoms with E-state index in [1.54, 1.807) is 0 Å². The molecule has 25 heavy (non-hydrogen) atoms. The number of hydrogen-bond acceptors (Lipinski definition) is 3. The Hall–Kier alpha value is -0.610. The van der Waals surface area contributed by atoms with Gasteiger partial charge in [-0.3, -0.25) is 4.90 Å². The number of halogens is 1. The van der Waals surface area contributed by atoms with Crippen LogP contribution in [-0.4, -0.2) is 58.8 Å². The van der Waals surface area contributed by atoms with E-state index in [0.717, 1.165) is 31.0 Å². The molecule has 0 amide bonds. The molecule has 1 aromatic carbocycles. The molecule has 0 aliphatic carbocycles. The fourth-order valence-electron chi connectivity index (χ4n) is 4.58. The first-order valence-electron chi connectivity index (χ1n) is 9.56. The van der Waals surface area contributed by atoms with Crippen molar-refractivity contribution in [3.05, 3.63) is 40.8 Å². The van der Waals surface area contributed by atoms with Crippen molar-refractivity contribution in [1.29, 1.82) is 0 Å². The molecule has 139 valence electrons. The van der Waals surface area contributed by atoms with Crippen LogP contribution in [0.4, 0.5) is 0 Å². The first-order chi connectivity index (χ1) is 11.8. The van der Waals surface area contributed by atoms with Crippen molar-refractivity contribution >= 4 is 11.6 Å². The minimum absolute atomic E-state index is 0.423. The van der Waals surface area contributed by atoms with Gasteiger partial charge in [-0.25, -0.2) is 0 Å². The zero-order valence-corrected chi connectivity index (χ0v) is 16.6. The van der Waals surface area contributed by atoms with E-state index in [2.05, 4.69) is 35.8 Å². The average molecular weight is 364 g/mol. The molecular formula is C21H32ClN2O. The van der Waals surface area contributed by atoms with Crippen molar-refractivity contribution in [2.24, 2.45) is 0 Å². The second-order valence-corrected chi connectivity index (χ2v) is 9.01. The summed E-state index contributed by atoms with van der Waals surface area (Å²) in [6.07, 6.45) is 4.27. The van der Waals surface area contributed by atoms with E-state index in [9.17, 15) is 5.11 Å². The Morgan fingerprint density at radius 3 is 2.44 bits per heavy atom. The van der Waals surface area contributed by atoms with Crippen LogP contribution in [0.3, 0.4) is 0 Å². The van der Waals surface area contributed by atoms with E-state index in [0.29, 0.717) is 12.1 Å². The first kappa shape index (κ1) is 19.2. The predicted molar refractivity (Wildman–Crippen MR) is 105 cm³/mol. The van der Waals surface area contributed by atoms with Gasteiger partial charge in [-0.05, 0) is 69.3 Å². The third kappa shape index (κ3) is 5.19. The number of benzene rings is 1. The third-order valence-electron chi connectivity index (χ3n) is 5.62. The monoisotopic (exact) mass is 363 g/mol. The normalized spacial score (nSPS) is 29.6. The van der Waals surface area contributed by atoms with Crippen LogP contribution in [0.25, 0.3) is 0 Å². The highest BCUT2D eigenvalue weighted by Crippen LogP contribution is 2.33. The van der Waals surface area contributed by atoms with Crippen LogP contribution in [0.2, 0.25) is 5.02 Å². The summed E-state index contributed by atoms with van der Waals surface area (Å²) in [6.45, 7) is 10.7. The Morgan fingerprint density at radius 2 is 1.84 bits per heavy atom. The number of β-amino-alcohol motifs (C(OH)–C–C–N with tert-alkyl or cyclic N) is 1. The van der Waals surface area contributed by atoms with Gasteiger partial charge in [0.25, 0.3) is 0 Å². The molecule has 1 radical (unpaired) electrons. The molecule has 2 heterocycles. The van der Waals surface area contributed by atoms with Crippen LogP contribution in [0.5, 0.6) is 0 Å². The highest BCUT2D eigenvalue weighted by molar-refractivity contribution is 6.30. The van der Waals surface area contributed by atoms with Gasteiger partial charge in [0.15, 0.2) is 0 Å². The fourth-order valence-corrected chi connectivity index (χ4v) is 4.70. The Kier molecular flexibility index (Phi) is 6.10. The van der Waals surface area contributed by atoms with Gasteiger partial charge >= 0.3 is 0 Å². The van der Waals surface area contributed by atoms with E-state index in [-0.39, 0.29) is 0 Å². The molecule has 3 nitrogen and oxygen atoms in total. The van der Waals surface area contributed by atoms with E-state index in [4.69, 9.17) is 11.6 Å². The molecule has 2 aliphatic rings. The predicted octanol–water partition coefficient (Wildman–Crippen LogP) is 3.79. The summed E-state index contributed by atoms with van der Waals surface area (Å²) in [4.78, 5) is 5.16. The molecule has 0 bridgehead atoms. The lowest BCUT2D eigenvalue weighted by Crippen LogP contribution is -2.48. The summed E-state index contributed by atoms with van der Waals surface area (Å²) >= 11 is 6.02. The molecule has 1 unspecified atom stereocenters. The molecule has 4 heteroatoms. The molecule has 0 aromatic heterocycles. The van der Waals surface area contributed by atoms with Gasteiger partial charge in [-0.2, -0.15) is 0 Å². The Morgan fingerprint density at radius 1 is 1.20 bits per heavy atom. The largest absolute Gasteiger partial charge is 0.389 e. The van der Waals surface area contributed by atoms with Gasteiger partial charge < -0.3 is 10.0 Å². The van der Waals surface area contributed by atoms with Crippen LogP contribution in [-0.2, 0) is 6.42 Å². The topological polar surface area (TPSA) is 26.7 Å². The lowest BCUT2D eigenvalue weighted by Gasteiger charge is -2.40. The fraction of sp³-hybridized carbons (Fsp3) is 0.667. The second-order valence-electron chi connectivity index (χ2n) is 8.57. The van der Waals surface area contributed by atoms with E-state index < -0.39 is 5.60 Å². The summed E-state index contributed by atoms with van der Waals surface area (Å²) in [5.74, 6) is 1.49. The molecular weight excluding hydrogens is 332 g/mol. The Bertz CT molecular complexity index is 550. The number of rotatable bonds is 5. The van der Waals surface area contributed by atoms with Gasteiger partial charge in [-0.15, -0.1) is 0 Å². The minimum atomic E-state index is -0.567. The maximum absolute atomic E-state index is 10.7. The summed E-state index contributed by atoms with van der Waals surface area (Å²) in [5, 5.41) is 11.5.